The Labute approximate surface area is 136 Å². The molecule has 0 radical (unpaired) electrons. The lowest BCUT2D eigenvalue weighted by Crippen LogP contribution is -2.49. The first kappa shape index (κ1) is 17.8. The summed E-state index contributed by atoms with van der Waals surface area (Å²) in [5, 5.41) is 2.70. The molecule has 0 aromatic carbocycles. The second kappa shape index (κ2) is 7.80. The van der Waals surface area contributed by atoms with E-state index in [4.69, 9.17) is 0 Å². The average molecular weight is 341 g/mol. The molecule has 1 fully saturated rings. The smallest absolute Gasteiger partial charge is 0.243 e. The van der Waals surface area contributed by atoms with Gasteiger partial charge in [0.25, 0.3) is 0 Å². The number of sulfonamides is 1. The third-order valence-corrected chi connectivity index (χ3v) is 4.60. The van der Waals surface area contributed by atoms with E-state index in [0.717, 1.165) is 25.6 Å². The number of nitrogens with one attached hydrogen (secondary N) is 2. The van der Waals surface area contributed by atoms with Gasteiger partial charge in [-0.2, -0.15) is 0 Å². The molecule has 9 heteroatoms. The van der Waals surface area contributed by atoms with Crippen molar-refractivity contribution in [1.29, 1.82) is 0 Å². The summed E-state index contributed by atoms with van der Waals surface area (Å²) in [6.45, 7) is 3.75. The zero-order chi connectivity index (χ0) is 16.9. The third-order valence-electron chi connectivity index (χ3n) is 3.91. The van der Waals surface area contributed by atoms with Crippen LogP contribution in [0.2, 0.25) is 0 Å². The van der Waals surface area contributed by atoms with Crippen molar-refractivity contribution in [2.24, 2.45) is 5.92 Å². The quantitative estimate of drug-likeness (QED) is 0.758. The Hall–Kier alpha value is -1.58. The van der Waals surface area contributed by atoms with Crippen LogP contribution in [-0.2, 0) is 14.8 Å². The van der Waals surface area contributed by atoms with Crippen molar-refractivity contribution in [3.05, 3.63) is 18.5 Å². The van der Waals surface area contributed by atoms with E-state index in [-0.39, 0.29) is 23.8 Å². The second-order valence-electron chi connectivity index (χ2n) is 5.86. The van der Waals surface area contributed by atoms with Gasteiger partial charge in [0.05, 0.1) is 12.3 Å². The number of carbonyl (C=O) groups excluding carboxylic acids is 1. The highest BCUT2D eigenvalue weighted by molar-refractivity contribution is 7.88. The van der Waals surface area contributed by atoms with Crippen LogP contribution in [0.1, 0.15) is 19.8 Å². The van der Waals surface area contributed by atoms with Gasteiger partial charge in [0.2, 0.25) is 21.9 Å². The van der Waals surface area contributed by atoms with E-state index in [9.17, 15) is 13.2 Å². The van der Waals surface area contributed by atoms with E-state index in [2.05, 4.69) is 24.9 Å². The molecule has 2 N–H and O–H groups in total. The van der Waals surface area contributed by atoms with Crippen LogP contribution in [-0.4, -0.2) is 61.1 Å². The third kappa shape index (κ3) is 5.85. The highest BCUT2D eigenvalue weighted by atomic mass is 32.2. The lowest BCUT2D eigenvalue weighted by Gasteiger charge is -2.35. The fourth-order valence-corrected chi connectivity index (χ4v) is 3.17. The summed E-state index contributed by atoms with van der Waals surface area (Å²) >= 11 is 0. The first-order chi connectivity index (χ1) is 10.8. The van der Waals surface area contributed by atoms with Gasteiger partial charge in [0, 0.05) is 25.5 Å². The molecule has 1 aliphatic rings. The zero-order valence-electron chi connectivity index (χ0n) is 13.4. The molecule has 0 unspecified atom stereocenters. The first-order valence-electron chi connectivity index (χ1n) is 7.62. The molecule has 0 bridgehead atoms. The standard InChI is InChI=1S/C14H23N5O3S/c1-11(13(20)18-14-15-6-4-7-16-14)19-8-3-5-12(10-19)9-17-23(2,21)22/h4,6-7,11-12,17H,3,5,8-10H2,1-2H3,(H,15,16,18,20)/t11-,12-/m0/s1. The van der Waals surface area contributed by atoms with Gasteiger partial charge in [0.1, 0.15) is 0 Å². The predicted octanol–water partition coefficient (Wildman–Crippen LogP) is 0.0648. The summed E-state index contributed by atoms with van der Waals surface area (Å²) in [6.07, 6.45) is 6.19. The first-order valence-corrected chi connectivity index (χ1v) is 9.51. The molecule has 1 aromatic heterocycles. The zero-order valence-corrected chi connectivity index (χ0v) is 14.2. The minimum absolute atomic E-state index is 0.159. The summed E-state index contributed by atoms with van der Waals surface area (Å²) in [6, 6.07) is 1.36. The van der Waals surface area contributed by atoms with Crippen molar-refractivity contribution >= 4 is 21.9 Å². The van der Waals surface area contributed by atoms with Crippen molar-refractivity contribution in [1.82, 2.24) is 19.6 Å². The van der Waals surface area contributed by atoms with Gasteiger partial charge < -0.3 is 0 Å². The fourth-order valence-electron chi connectivity index (χ4n) is 2.63. The largest absolute Gasteiger partial charge is 0.293 e. The Balaban J connectivity index is 1.88. The molecular formula is C14H23N5O3S. The molecule has 2 heterocycles. The van der Waals surface area contributed by atoms with E-state index in [0.29, 0.717) is 13.1 Å². The number of anilines is 1. The average Bonchev–Trinajstić information content (AvgIpc) is 2.53. The molecule has 128 valence electrons. The normalized spacial score (nSPS) is 20.9. The van der Waals surface area contributed by atoms with Crippen molar-refractivity contribution in [2.45, 2.75) is 25.8 Å². The lowest BCUT2D eigenvalue weighted by atomic mass is 9.97. The second-order valence-corrected chi connectivity index (χ2v) is 7.69. The van der Waals surface area contributed by atoms with Crippen LogP contribution < -0.4 is 10.0 Å². The Morgan fingerprint density at radius 1 is 1.43 bits per heavy atom. The van der Waals surface area contributed by atoms with Crippen LogP contribution in [0.3, 0.4) is 0 Å². The van der Waals surface area contributed by atoms with E-state index in [1.165, 1.54) is 0 Å². The maximum absolute atomic E-state index is 12.3. The number of carbonyl (C=O) groups is 1. The van der Waals surface area contributed by atoms with Gasteiger partial charge in [-0.15, -0.1) is 0 Å². The molecule has 0 spiro atoms. The van der Waals surface area contributed by atoms with Crippen LogP contribution in [0.4, 0.5) is 5.95 Å². The number of rotatable bonds is 6. The van der Waals surface area contributed by atoms with Gasteiger partial charge in [-0.25, -0.2) is 23.1 Å². The monoisotopic (exact) mass is 341 g/mol. The van der Waals surface area contributed by atoms with Crippen LogP contribution in [0.25, 0.3) is 0 Å². The summed E-state index contributed by atoms with van der Waals surface area (Å²) in [4.78, 5) is 22.3. The molecule has 1 amide bonds. The van der Waals surface area contributed by atoms with Crippen molar-refractivity contribution < 1.29 is 13.2 Å². The van der Waals surface area contributed by atoms with E-state index in [1.807, 2.05) is 6.92 Å². The summed E-state index contributed by atoms with van der Waals surface area (Å²) in [5.41, 5.74) is 0. The van der Waals surface area contributed by atoms with Crippen molar-refractivity contribution in [3.63, 3.8) is 0 Å². The van der Waals surface area contributed by atoms with E-state index < -0.39 is 10.0 Å². The van der Waals surface area contributed by atoms with E-state index >= 15 is 0 Å². The highest BCUT2D eigenvalue weighted by Gasteiger charge is 2.28. The molecule has 2 atom stereocenters. The van der Waals surface area contributed by atoms with Crippen molar-refractivity contribution in [3.8, 4) is 0 Å². The summed E-state index contributed by atoms with van der Waals surface area (Å²) in [5.74, 6) is 0.339. The molecule has 1 aromatic rings. The number of likely N-dealkylation sites (tertiary alicyclic amines) is 1. The predicted molar refractivity (Wildman–Crippen MR) is 87.3 cm³/mol. The van der Waals surface area contributed by atoms with Gasteiger partial charge in [0.15, 0.2) is 0 Å². The maximum Gasteiger partial charge on any atom is 0.243 e. The molecule has 0 saturated carbocycles. The Morgan fingerprint density at radius 3 is 2.78 bits per heavy atom. The molecule has 1 saturated heterocycles. The molecule has 2 rings (SSSR count). The van der Waals surface area contributed by atoms with E-state index in [1.54, 1.807) is 18.5 Å². The van der Waals surface area contributed by atoms with Gasteiger partial charge in [-0.3, -0.25) is 15.0 Å². The van der Waals surface area contributed by atoms with Gasteiger partial charge >= 0.3 is 0 Å². The number of amides is 1. The molecule has 8 nitrogen and oxygen atoms in total. The molecular weight excluding hydrogens is 318 g/mol. The van der Waals surface area contributed by atoms with Gasteiger partial charge in [-0.05, 0) is 38.3 Å². The molecule has 1 aliphatic heterocycles. The Bertz CT molecular complexity index is 623. The topological polar surface area (TPSA) is 104 Å². The highest BCUT2D eigenvalue weighted by Crippen LogP contribution is 2.18. The minimum Gasteiger partial charge on any atom is -0.293 e. The van der Waals surface area contributed by atoms with Crippen molar-refractivity contribution in [2.75, 3.05) is 31.2 Å². The molecule has 0 aliphatic carbocycles. The number of hydrogen-bond acceptors (Lipinski definition) is 6. The van der Waals surface area contributed by atoms with Crippen LogP contribution in [0.15, 0.2) is 18.5 Å². The number of hydrogen-bond donors (Lipinski definition) is 2. The summed E-state index contributed by atoms with van der Waals surface area (Å²) < 4.78 is 24.9. The van der Waals surface area contributed by atoms with Crippen LogP contribution >= 0.6 is 0 Å². The van der Waals surface area contributed by atoms with Gasteiger partial charge in [-0.1, -0.05) is 0 Å². The Kier molecular flexibility index (Phi) is 6.03. The lowest BCUT2D eigenvalue weighted by molar-refractivity contribution is -0.121. The maximum atomic E-state index is 12.3. The van der Waals surface area contributed by atoms with Crippen LogP contribution in [0, 0.1) is 5.92 Å². The fraction of sp³-hybridized carbons (Fsp3) is 0.643. The number of piperidine rings is 1. The Morgan fingerprint density at radius 2 is 2.13 bits per heavy atom. The SMILES string of the molecule is C[C@@H](C(=O)Nc1ncccn1)N1CCC[C@@H](CNS(C)(=O)=O)C1. The molecule has 23 heavy (non-hydrogen) atoms. The number of aromatic nitrogens is 2. The summed E-state index contributed by atoms with van der Waals surface area (Å²) in [7, 11) is -3.18. The van der Waals surface area contributed by atoms with Crippen LogP contribution in [0.5, 0.6) is 0 Å². The minimum atomic E-state index is -3.18. The number of nitrogens with zero attached hydrogens (tertiary/aromatic N) is 3.